The molecular weight excluding hydrogens is 292 g/mol. The molecule has 0 saturated carbocycles. The highest BCUT2D eigenvalue weighted by molar-refractivity contribution is 7.86. The Kier molecular flexibility index (Phi) is 4.64. The fraction of sp³-hybridized carbons (Fsp3) is 0.667. The number of hydrogen-bond acceptors (Lipinski definition) is 6. The Morgan fingerprint density at radius 1 is 1.10 bits per heavy atom. The summed E-state index contributed by atoms with van der Waals surface area (Å²) < 4.78 is 26.9. The summed E-state index contributed by atoms with van der Waals surface area (Å²) in [4.78, 5) is 4.02. The lowest BCUT2D eigenvalue weighted by Crippen LogP contribution is -2.51. The normalized spacial score (nSPS) is 17.3. The lowest BCUT2D eigenvalue weighted by Gasteiger charge is -2.35. The molecule has 1 fully saturated rings. The predicted molar refractivity (Wildman–Crippen MR) is 82.8 cm³/mol. The van der Waals surface area contributed by atoms with E-state index >= 15 is 0 Å². The van der Waals surface area contributed by atoms with E-state index in [-0.39, 0.29) is 0 Å². The van der Waals surface area contributed by atoms with Gasteiger partial charge in [-0.05, 0) is 0 Å². The highest BCUT2D eigenvalue weighted by atomic mass is 32.2. The van der Waals surface area contributed by atoms with E-state index in [4.69, 9.17) is 0 Å². The average molecular weight is 314 g/mol. The molecule has 0 atom stereocenters. The van der Waals surface area contributed by atoms with Gasteiger partial charge in [0.15, 0.2) is 5.82 Å². The number of nitrogens with zero attached hydrogens (tertiary/aromatic N) is 6. The zero-order chi connectivity index (χ0) is 15.6. The maximum absolute atomic E-state index is 12.1. The number of aromatic nitrogens is 2. The van der Waals surface area contributed by atoms with E-state index in [9.17, 15) is 8.42 Å². The van der Waals surface area contributed by atoms with Gasteiger partial charge in [-0.25, -0.2) is 0 Å². The minimum atomic E-state index is -3.33. The first-order valence-electron chi connectivity index (χ1n) is 6.75. The van der Waals surface area contributed by atoms with Crippen LogP contribution in [0.5, 0.6) is 0 Å². The van der Waals surface area contributed by atoms with Gasteiger partial charge >= 0.3 is 0 Å². The molecule has 21 heavy (non-hydrogen) atoms. The summed E-state index contributed by atoms with van der Waals surface area (Å²) in [5.74, 6) is 0.781. The van der Waals surface area contributed by atoms with Gasteiger partial charge in [-0.1, -0.05) is 0 Å². The summed E-state index contributed by atoms with van der Waals surface area (Å²) >= 11 is 0. The van der Waals surface area contributed by atoms with Crippen molar-refractivity contribution in [2.75, 3.05) is 64.2 Å². The van der Waals surface area contributed by atoms with Crippen molar-refractivity contribution in [1.82, 2.24) is 18.8 Å². The lowest BCUT2D eigenvalue weighted by atomic mass is 10.3. The Bertz CT molecular complexity index is 581. The molecule has 118 valence electrons. The van der Waals surface area contributed by atoms with Crippen molar-refractivity contribution in [2.24, 2.45) is 0 Å². The smallest absolute Gasteiger partial charge is 0.281 e. The third kappa shape index (κ3) is 3.42. The fourth-order valence-corrected chi connectivity index (χ4v) is 3.21. The van der Waals surface area contributed by atoms with Crippen LogP contribution < -0.4 is 9.80 Å². The topological polar surface area (TPSA) is 72.9 Å². The highest BCUT2D eigenvalue weighted by Crippen LogP contribution is 2.19. The van der Waals surface area contributed by atoms with E-state index in [2.05, 4.69) is 15.1 Å². The van der Waals surface area contributed by atoms with Crippen molar-refractivity contribution in [3.05, 3.63) is 12.3 Å². The second-order valence-electron chi connectivity index (χ2n) is 5.34. The quantitative estimate of drug-likeness (QED) is 0.744. The summed E-state index contributed by atoms with van der Waals surface area (Å²) in [7, 11) is 3.66. The first-order valence-corrected chi connectivity index (χ1v) is 8.14. The van der Waals surface area contributed by atoms with Gasteiger partial charge < -0.3 is 9.80 Å². The van der Waals surface area contributed by atoms with Crippen molar-refractivity contribution in [2.45, 2.75) is 0 Å². The van der Waals surface area contributed by atoms with Crippen molar-refractivity contribution < 1.29 is 8.42 Å². The molecule has 0 bridgehead atoms. The first kappa shape index (κ1) is 15.9. The summed E-state index contributed by atoms with van der Waals surface area (Å²) in [5.41, 5.74) is 0.975. The molecule has 0 unspecified atom stereocenters. The number of piperazine rings is 1. The van der Waals surface area contributed by atoms with Gasteiger partial charge in [-0.2, -0.15) is 22.1 Å². The standard InChI is InChI=1S/C12H22N6O2S/c1-15(2)11-9-12(14-13-10-11)17-5-7-18(8-6-17)21(19,20)16(3)4/h9-10H,5-8H2,1-4H3. The largest absolute Gasteiger partial charge is 0.376 e. The summed E-state index contributed by atoms with van der Waals surface area (Å²) in [6, 6.07) is 1.96. The third-order valence-corrected chi connectivity index (χ3v) is 5.43. The second kappa shape index (κ2) is 6.12. The van der Waals surface area contributed by atoms with Crippen molar-refractivity contribution >= 4 is 21.7 Å². The van der Waals surface area contributed by atoms with Gasteiger partial charge in [0.05, 0.1) is 11.9 Å². The Morgan fingerprint density at radius 2 is 1.71 bits per heavy atom. The Balaban J connectivity index is 2.06. The van der Waals surface area contributed by atoms with E-state index < -0.39 is 10.2 Å². The summed E-state index contributed by atoms with van der Waals surface area (Å²) in [5, 5.41) is 8.14. The molecule has 1 aliphatic heterocycles. The molecule has 1 aromatic heterocycles. The van der Waals surface area contributed by atoms with Crippen LogP contribution in [-0.4, -0.2) is 81.6 Å². The molecule has 8 nitrogen and oxygen atoms in total. The lowest BCUT2D eigenvalue weighted by molar-refractivity contribution is 0.354. The van der Waals surface area contributed by atoms with E-state index in [0.29, 0.717) is 26.2 Å². The fourth-order valence-electron chi connectivity index (χ4n) is 2.12. The molecule has 1 saturated heterocycles. The summed E-state index contributed by atoms with van der Waals surface area (Å²) in [6.07, 6.45) is 1.70. The second-order valence-corrected chi connectivity index (χ2v) is 7.49. The van der Waals surface area contributed by atoms with E-state index in [0.717, 1.165) is 11.5 Å². The van der Waals surface area contributed by atoms with Gasteiger partial charge in [0.25, 0.3) is 10.2 Å². The van der Waals surface area contributed by atoms with Gasteiger partial charge in [0.2, 0.25) is 0 Å². The van der Waals surface area contributed by atoms with Gasteiger partial charge in [-0.15, -0.1) is 5.10 Å². The zero-order valence-electron chi connectivity index (χ0n) is 12.9. The maximum atomic E-state index is 12.1. The van der Waals surface area contributed by atoms with Crippen LogP contribution in [0.15, 0.2) is 12.3 Å². The molecule has 0 N–H and O–H groups in total. The Morgan fingerprint density at radius 3 is 2.24 bits per heavy atom. The number of rotatable bonds is 4. The first-order chi connectivity index (χ1) is 9.82. The molecule has 0 amide bonds. The molecule has 0 radical (unpaired) electrons. The maximum Gasteiger partial charge on any atom is 0.281 e. The molecule has 1 aromatic rings. The van der Waals surface area contributed by atoms with Crippen LogP contribution in [0.3, 0.4) is 0 Å². The Labute approximate surface area is 126 Å². The highest BCUT2D eigenvalue weighted by Gasteiger charge is 2.29. The third-order valence-electron chi connectivity index (χ3n) is 3.49. The molecule has 2 heterocycles. The van der Waals surface area contributed by atoms with Crippen molar-refractivity contribution in [3.63, 3.8) is 0 Å². The molecule has 0 spiro atoms. The zero-order valence-corrected chi connectivity index (χ0v) is 13.7. The minimum Gasteiger partial charge on any atom is -0.376 e. The molecule has 0 aromatic carbocycles. The van der Waals surface area contributed by atoms with Gasteiger partial charge in [-0.3, -0.25) is 0 Å². The number of anilines is 2. The Hall–Kier alpha value is -1.45. The minimum absolute atomic E-state index is 0.453. The molecule has 2 rings (SSSR count). The monoisotopic (exact) mass is 314 g/mol. The van der Waals surface area contributed by atoms with Gasteiger partial charge in [0.1, 0.15) is 0 Å². The van der Waals surface area contributed by atoms with Crippen molar-refractivity contribution in [1.29, 1.82) is 0 Å². The average Bonchev–Trinajstić information content (AvgIpc) is 2.47. The van der Waals surface area contributed by atoms with Crippen LogP contribution in [-0.2, 0) is 10.2 Å². The van der Waals surface area contributed by atoms with Crippen LogP contribution in [0, 0.1) is 0 Å². The SMILES string of the molecule is CN(C)c1cnnc(N2CCN(S(=O)(=O)N(C)C)CC2)c1. The predicted octanol–water partition coefficient (Wildman–Crippen LogP) is -0.529. The van der Waals surface area contributed by atoms with Crippen LogP contribution in [0.2, 0.25) is 0 Å². The van der Waals surface area contributed by atoms with Gasteiger partial charge in [0, 0.05) is 60.4 Å². The van der Waals surface area contributed by atoms with E-state index in [1.807, 2.05) is 25.1 Å². The summed E-state index contributed by atoms with van der Waals surface area (Å²) in [6.45, 7) is 2.13. The van der Waals surface area contributed by atoms with E-state index in [1.165, 1.54) is 8.61 Å². The van der Waals surface area contributed by atoms with Crippen LogP contribution >= 0.6 is 0 Å². The van der Waals surface area contributed by atoms with E-state index in [1.54, 1.807) is 20.3 Å². The number of hydrogen-bond donors (Lipinski definition) is 0. The molecule has 1 aliphatic rings. The molecular formula is C12H22N6O2S. The molecule has 0 aliphatic carbocycles. The van der Waals surface area contributed by atoms with Crippen LogP contribution in [0.25, 0.3) is 0 Å². The van der Waals surface area contributed by atoms with Crippen LogP contribution in [0.4, 0.5) is 11.5 Å². The molecule has 9 heteroatoms. The van der Waals surface area contributed by atoms with Crippen molar-refractivity contribution in [3.8, 4) is 0 Å². The van der Waals surface area contributed by atoms with Crippen LogP contribution in [0.1, 0.15) is 0 Å².